The molecule has 320 valence electrons. The Morgan fingerprint density at radius 1 is 0.388 bits per heavy atom. The molecule has 0 bridgehead atoms. The molecule has 0 atom stereocenters. The van der Waals surface area contributed by atoms with Crippen molar-refractivity contribution in [3.8, 4) is 55.9 Å². The summed E-state index contributed by atoms with van der Waals surface area (Å²) >= 11 is 0. The van der Waals surface area contributed by atoms with Gasteiger partial charge in [-0.2, -0.15) is 0 Å². The average molecular weight is 864 g/mol. The van der Waals surface area contributed by atoms with Gasteiger partial charge >= 0.3 is 0 Å². The first-order valence-corrected chi connectivity index (χ1v) is 22.9. The first-order chi connectivity index (χ1) is 33.0. The van der Waals surface area contributed by atoms with Crippen molar-refractivity contribution in [2.75, 3.05) is 4.90 Å². The number of furan rings is 2. The summed E-state index contributed by atoms with van der Waals surface area (Å²) in [4.78, 5) is 12.5. The van der Waals surface area contributed by atoms with Crippen LogP contribution in [0.4, 0.5) is 17.1 Å². The number of hydrogen-bond acceptors (Lipinski definition) is 5. The van der Waals surface area contributed by atoms with E-state index in [2.05, 4.69) is 201 Å². The maximum atomic E-state index is 6.74. The Hall–Kier alpha value is -8.54. The van der Waals surface area contributed by atoms with E-state index in [4.69, 9.17) is 18.8 Å². The van der Waals surface area contributed by atoms with Crippen molar-refractivity contribution >= 4 is 60.9 Å². The van der Waals surface area contributed by atoms with Gasteiger partial charge in [0.25, 0.3) is 0 Å². The molecule has 0 aliphatic carbocycles. The van der Waals surface area contributed by atoms with Gasteiger partial charge in [-0.1, -0.05) is 159 Å². The lowest BCUT2D eigenvalue weighted by Gasteiger charge is -2.25. The van der Waals surface area contributed by atoms with Crippen LogP contribution >= 0.6 is 0 Å². The minimum atomic E-state index is 0.556. The van der Waals surface area contributed by atoms with E-state index in [1.54, 1.807) is 0 Å². The summed E-state index contributed by atoms with van der Waals surface area (Å²) in [5.74, 6) is 1.17. The summed E-state index contributed by atoms with van der Waals surface area (Å²) in [5, 5.41) is 4.39. The lowest BCUT2D eigenvalue weighted by molar-refractivity contribution is 0.646. The Morgan fingerprint density at radius 2 is 0.866 bits per heavy atom. The SMILES string of the molecule is CC(C)Cc1ccc2oc3c(-c4cc(-c5ncc(N(c6ccc(-c7ccccc7)cc6)c6ccc(-c7ccccc7)cc6)cn5)cc(-c5cccc6c5oc5ccccc56)c4)cccc3c2c1. The molecule has 0 aliphatic heterocycles. The van der Waals surface area contributed by atoms with E-state index in [1.807, 2.05) is 36.7 Å². The molecule has 0 spiro atoms. The van der Waals surface area contributed by atoms with Gasteiger partial charge in [0.1, 0.15) is 22.3 Å². The van der Waals surface area contributed by atoms with Crippen molar-refractivity contribution in [3.05, 3.63) is 224 Å². The van der Waals surface area contributed by atoms with Crippen molar-refractivity contribution < 1.29 is 8.83 Å². The molecule has 67 heavy (non-hydrogen) atoms. The van der Waals surface area contributed by atoms with E-state index in [0.717, 1.165) is 106 Å². The number of aromatic nitrogens is 2. The summed E-state index contributed by atoms with van der Waals surface area (Å²) in [7, 11) is 0. The van der Waals surface area contributed by atoms with Crippen molar-refractivity contribution in [2.45, 2.75) is 20.3 Å². The fourth-order valence-electron chi connectivity index (χ4n) is 9.61. The zero-order valence-electron chi connectivity index (χ0n) is 37.2. The van der Waals surface area contributed by atoms with Crippen molar-refractivity contribution in [1.82, 2.24) is 9.97 Å². The smallest absolute Gasteiger partial charge is 0.159 e. The first kappa shape index (κ1) is 40.0. The van der Waals surface area contributed by atoms with Crippen LogP contribution in [0.25, 0.3) is 99.8 Å². The Balaban J connectivity index is 0.991. The van der Waals surface area contributed by atoms with Gasteiger partial charge in [0.15, 0.2) is 5.82 Å². The van der Waals surface area contributed by atoms with Gasteiger partial charge in [0.2, 0.25) is 0 Å². The van der Waals surface area contributed by atoms with Gasteiger partial charge in [-0.05, 0) is 112 Å². The van der Waals surface area contributed by atoms with Crippen molar-refractivity contribution in [3.63, 3.8) is 0 Å². The molecule has 0 fully saturated rings. The van der Waals surface area contributed by atoms with E-state index in [1.165, 1.54) is 16.7 Å². The second kappa shape index (κ2) is 16.8. The monoisotopic (exact) mass is 863 g/mol. The average Bonchev–Trinajstić information content (AvgIpc) is 3.96. The third kappa shape index (κ3) is 7.50. The molecule has 0 saturated carbocycles. The molecule has 0 saturated heterocycles. The summed E-state index contributed by atoms with van der Waals surface area (Å²) < 4.78 is 13.3. The molecule has 9 aromatic carbocycles. The fraction of sp³-hybridized carbons (Fsp3) is 0.0645. The third-order valence-electron chi connectivity index (χ3n) is 12.8. The van der Waals surface area contributed by atoms with Crippen LogP contribution in [-0.2, 0) is 6.42 Å². The molecule has 5 heteroatoms. The lowest BCUT2D eigenvalue weighted by atomic mass is 9.93. The largest absolute Gasteiger partial charge is 0.455 e. The van der Waals surface area contributed by atoms with Crippen molar-refractivity contribution in [1.29, 1.82) is 0 Å². The molecule has 0 amide bonds. The van der Waals surface area contributed by atoms with E-state index >= 15 is 0 Å². The number of anilines is 3. The van der Waals surface area contributed by atoms with Gasteiger partial charge in [0.05, 0.1) is 18.1 Å². The fourth-order valence-corrected chi connectivity index (χ4v) is 9.61. The number of hydrogen-bond donors (Lipinski definition) is 0. The molecule has 0 N–H and O–H groups in total. The zero-order valence-corrected chi connectivity index (χ0v) is 37.2. The summed E-state index contributed by atoms with van der Waals surface area (Å²) in [6.45, 7) is 4.52. The van der Waals surface area contributed by atoms with Gasteiger partial charge in [-0.25, -0.2) is 9.97 Å². The predicted molar refractivity (Wildman–Crippen MR) is 277 cm³/mol. The van der Waals surface area contributed by atoms with Crippen LogP contribution < -0.4 is 4.90 Å². The molecule has 0 radical (unpaired) electrons. The van der Waals surface area contributed by atoms with Gasteiger partial charge in [-0.15, -0.1) is 0 Å². The van der Waals surface area contributed by atoms with Gasteiger partial charge < -0.3 is 13.7 Å². The highest BCUT2D eigenvalue weighted by Gasteiger charge is 2.20. The number of benzene rings is 9. The van der Waals surface area contributed by atoms with Crippen LogP contribution in [0.5, 0.6) is 0 Å². The summed E-state index contributed by atoms with van der Waals surface area (Å²) in [5.41, 5.74) is 17.1. The van der Waals surface area contributed by atoms with E-state index < -0.39 is 0 Å². The second-order valence-electron chi connectivity index (χ2n) is 17.7. The Bertz CT molecular complexity index is 3640. The van der Waals surface area contributed by atoms with Gasteiger partial charge in [-0.3, -0.25) is 0 Å². The minimum Gasteiger partial charge on any atom is -0.455 e. The molecule has 12 aromatic rings. The summed E-state index contributed by atoms with van der Waals surface area (Å²) in [6.07, 6.45) is 4.87. The highest BCUT2D eigenvalue weighted by Crippen LogP contribution is 2.43. The van der Waals surface area contributed by atoms with Crippen LogP contribution in [-0.4, -0.2) is 9.97 Å². The Kier molecular flexibility index (Phi) is 10.0. The highest BCUT2D eigenvalue weighted by molar-refractivity contribution is 6.12. The van der Waals surface area contributed by atoms with Gasteiger partial charge in [0, 0.05) is 49.6 Å². The maximum Gasteiger partial charge on any atom is 0.159 e. The molecule has 0 unspecified atom stereocenters. The maximum absolute atomic E-state index is 6.74. The number of nitrogens with zero attached hydrogens (tertiary/aromatic N) is 3. The summed E-state index contributed by atoms with van der Waals surface area (Å²) in [6, 6.07) is 72.6. The van der Waals surface area contributed by atoms with Crippen LogP contribution in [0.2, 0.25) is 0 Å². The molecule has 3 heterocycles. The molecular formula is C62H45N3O2. The van der Waals surface area contributed by atoms with E-state index in [-0.39, 0.29) is 0 Å². The molecule has 3 aromatic heterocycles. The van der Waals surface area contributed by atoms with Crippen molar-refractivity contribution in [2.24, 2.45) is 5.92 Å². The topological polar surface area (TPSA) is 55.3 Å². The van der Waals surface area contributed by atoms with E-state index in [0.29, 0.717) is 11.7 Å². The van der Waals surface area contributed by atoms with Crippen LogP contribution in [0.15, 0.2) is 227 Å². The molecule has 5 nitrogen and oxygen atoms in total. The highest BCUT2D eigenvalue weighted by atomic mass is 16.3. The molecule has 12 rings (SSSR count). The third-order valence-corrected chi connectivity index (χ3v) is 12.8. The number of fused-ring (bicyclic) bond motifs is 6. The van der Waals surface area contributed by atoms with Crippen LogP contribution in [0.1, 0.15) is 19.4 Å². The van der Waals surface area contributed by atoms with Crippen LogP contribution in [0, 0.1) is 5.92 Å². The number of para-hydroxylation sites is 3. The minimum absolute atomic E-state index is 0.556. The standard InChI is InChI=1S/C62H45N3O2/c1-40(2)33-41-23-32-59-57(34-41)56-21-12-19-53(61(56)67-59)47-35-46(52-18-11-20-55-54-17-9-10-22-58(54)66-60(52)55)36-48(37-47)62-63-38-51(39-64-62)65(49-28-24-44(25-29-49)42-13-5-3-6-14-42)50-30-26-45(27-31-50)43-15-7-4-8-16-43/h3-32,34-40H,33H2,1-2H3. The predicted octanol–water partition coefficient (Wildman–Crippen LogP) is 17.3. The Morgan fingerprint density at radius 3 is 1.43 bits per heavy atom. The first-order valence-electron chi connectivity index (χ1n) is 22.9. The lowest BCUT2D eigenvalue weighted by Crippen LogP contribution is -2.11. The number of rotatable bonds is 10. The normalized spacial score (nSPS) is 11.6. The van der Waals surface area contributed by atoms with Crippen LogP contribution in [0.3, 0.4) is 0 Å². The second-order valence-corrected chi connectivity index (χ2v) is 17.7. The Labute approximate surface area is 389 Å². The quantitative estimate of drug-likeness (QED) is 0.137. The molecule has 0 aliphatic rings. The van der Waals surface area contributed by atoms with E-state index in [9.17, 15) is 0 Å². The molecular weight excluding hydrogens is 819 g/mol. The zero-order chi connectivity index (χ0) is 44.8.